The van der Waals surface area contributed by atoms with Crippen molar-refractivity contribution in [3.8, 4) is 5.75 Å². The zero-order valence-corrected chi connectivity index (χ0v) is 45.2. The van der Waals surface area contributed by atoms with Gasteiger partial charge in [-0.3, -0.25) is 14.6 Å². The summed E-state index contributed by atoms with van der Waals surface area (Å²) >= 11 is 0. The summed E-state index contributed by atoms with van der Waals surface area (Å²) < 4.78 is 45.8. The second-order valence-electron chi connectivity index (χ2n) is 22.2. The Kier molecular flexibility index (Phi) is 16.1. The van der Waals surface area contributed by atoms with Gasteiger partial charge in [-0.15, -0.1) is 4.68 Å². The molecule has 0 radical (unpaired) electrons. The molecule has 0 aliphatic carbocycles. The Labute approximate surface area is 424 Å². The lowest BCUT2D eigenvalue weighted by Crippen LogP contribution is -2.63. The summed E-state index contributed by atoms with van der Waals surface area (Å²) in [6.07, 6.45) is 4.27. The summed E-state index contributed by atoms with van der Waals surface area (Å²) in [6.45, 7) is 31.4. The molecule has 21 nitrogen and oxygen atoms in total. The third-order valence-corrected chi connectivity index (χ3v) is 15.7. The quantitative estimate of drug-likeness (QED) is 0.163. The molecular weight excluding hydrogens is 943 g/mol. The number of hydrogen-bond donors (Lipinski definition) is 2. The number of anilines is 3. The summed E-state index contributed by atoms with van der Waals surface area (Å²) in [4.78, 5) is 68.4. The van der Waals surface area contributed by atoms with E-state index in [4.69, 9.17) is 14.2 Å². The van der Waals surface area contributed by atoms with E-state index in [1.807, 2.05) is 44.4 Å². The average Bonchev–Trinajstić information content (AvgIpc) is 3.58. The molecule has 2 unspecified atom stereocenters. The number of rotatable bonds is 12. The molecule has 3 aliphatic rings. The molecule has 3 aliphatic heterocycles. The lowest BCUT2D eigenvalue weighted by atomic mass is 10.1. The van der Waals surface area contributed by atoms with E-state index >= 15 is 0 Å². The van der Waals surface area contributed by atoms with Crippen molar-refractivity contribution in [2.24, 2.45) is 0 Å². The van der Waals surface area contributed by atoms with Gasteiger partial charge in [-0.05, 0) is 102 Å². The highest BCUT2D eigenvalue weighted by molar-refractivity contribution is 7.92. The third-order valence-electron chi connectivity index (χ3n) is 13.2. The van der Waals surface area contributed by atoms with Crippen LogP contribution in [0.4, 0.5) is 27.2 Å². The smallest absolute Gasteiger partial charge is 0.437 e. The first kappa shape index (κ1) is 54.1. The Morgan fingerprint density at radius 2 is 1.49 bits per heavy atom. The van der Waals surface area contributed by atoms with Crippen LogP contribution in [0, 0.1) is 13.8 Å². The largest absolute Gasteiger partial charge is 0.492 e. The molecule has 6 heterocycles. The number of carbonyl (C=O) groups is 3. The molecule has 3 saturated heterocycles. The van der Waals surface area contributed by atoms with Crippen molar-refractivity contribution in [2.75, 3.05) is 88.8 Å². The van der Waals surface area contributed by atoms with Crippen molar-refractivity contribution in [3.05, 3.63) is 47.7 Å². The topological polar surface area (TPSA) is 223 Å². The zero-order chi connectivity index (χ0) is 52.5. The molecule has 3 aromatic heterocycles. The van der Waals surface area contributed by atoms with E-state index in [0.717, 1.165) is 30.9 Å². The van der Waals surface area contributed by atoms with Gasteiger partial charge < -0.3 is 39.5 Å². The second kappa shape index (κ2) is 21.4. The summed E-state index contributed by atoms with van der Waals surface area (Å²) in [5, 5.41) is 11.6. The van der Waals surface area contributed by atoms with Gasteiger partial charge in [0.05, 0.1) is 28.1 Å². The molecule has 0 saturated carbocycles. The maximum Gasteiger partial charge on any atom is 0.437 e. The second-order valence-corrected chi connectivity index (χ2v) is 24.9. The number of nitrogens with zero attached hydrogens (tertiary/aromatic N) is 11. The fourth-order valence-corrected chi connectivity index (χ4v) is 10.2. The van der Waals surface area contributed by atoms with Gasteiger partial charge in [-0.1, -0.05) is 0 Å². The van der Waals surface area contributed by atoms with Crippen LogP contribution in [0.2, 0.25) is 0 Å². The van der Waals surface area contributed by atoms with Crippen LogP contribution in [-0.4, -0.2) is 189 Å². The van der Waals surface area contributed by atoms with Crippen LogP contribution in [0.1, 0.15) is 104 Å². The molecule has 1 aromatic carbocycles. The van der Waals surface area contributed by atoms with Gasteiger partial charge in [0.1, 0.15) is 39.8 Å². The van der Waals surface area contributed by atoms with Gasteiger partial charge in [0.25, 0.3) is 5.91 Å². The summed E-state index contributed by atoms with van der Waals surface area (Å²) in [6, 6.07) is 3.55. The summed E-state index contributed by atoms with van der Waals surface area (Å²) in [7, 11) is -3.93. The number of carbonyl (C=O) groups excluding carboxylic acids is 3. The fraction of sp³-hybridized carbons (Fsp3) is 0.640. The van der Waals surface area contributed by atoms with E-state index in [1.54, 1.807) is 66.9 Å². The van der Waals surface area contributed by atoms with Gasteiger partial charge >= 0.3 is 12.2 Å². The predicted octanol–water partition coefficient (Wildman–Crippen LogP) is 5.67. The van der Waals surface area contributed by atoms with Gasteiger partial charge in [0.15, 0.2) is 9.84 Å². The van der Waals surface area contributed by atoms with Crippen molar-refractivity contribution in [2.45, 2.75) is 135 Å². The van der Waals surface area contributed by atoms with Gasteiger partial charge in [-0.25, -0.2) is 37.9 Å². The van der Waals surface area contributed by atoms with E-state index in [1.165, 1.54) is 12.4 Å². The number of ether oxygens (including phenoxy) is 3. The standard InChI is InChI=1S/C50H75N13O8S/c1-32-25-51-37(30-62(32)46(65)70-48(5,6)7)29-60-20-21-61(28-33(60)2)45-52-26-36(27-53-45)44(64)59-18-16-58(17-19-59)15-14-22-69-40-24-39-38(23-41(40)72(67,68)50(11,12)13)42(55-31-54-39)56-43-34(3)35(4)57-63(43)47(66)71-49(8,9)10/h23-24,26-27,31-33,37,51H,14-22,25,28-30H2,1-13H3,(H,54,55,56)/t32?,33-,37?/m1/s1. The Morgan fingerprint density at radius 1 is 0.819 bits per heavy atom. The molecule has 7 rings (SSSR count). The number of aromatic nitrogens is 6. The fourth-order valence-electron chi connectivity index (χ4n) is 8.90. The highest BCUT2D eigenvalue weighted by Crippen LogP contribution is 2.38. The zero-order valence-electron chi connectivity index (χ0n) is 44.4. The lowest BCUT2D eigenvalue weighted by molar-refractivity contribution is 0.00693. The molecular formula is C50H75N13O8S. The number of hydrogen-bond acceptors (Lipinski definition) is 18. The number of fused-ring (bicyclic) bond motifs is 1. The summed E-state index contributed by atoms with van der Waals surface area (Å²) in [5.41, 5.74) is 0.874. The molecule has 72 heavy (non-hydrogen) atoms. The molecule has 22 heteroatoms. The average molecular weight is 1020 g/mol. The van der Waals surface area contributed by atoms with Crippen LogP contribution in [0.3, 0.4) is 0 Å². The molecule has 3 atom stereocenters. The van der Waals surface area contributed by atoms with Crippen LogP contribution in [0.5, 0.6) is 5.75 Å². The minimum absolute atomic E-state index is 0.00307. The number of nitrogens with one attached hydrogen (secondary N) is 2. The molecule has 0 bridgehead atoms. The monoisotopic (exact) mass is 1020 g/mol. The first-order valence-electron chi connectivity index (χ1n) is 25.0. The minimum Gasteiger partial charge on any atom is -0.492 e. The predicted molar refractivity (Wildman–Crippen MR) is 275 cm³/mol. The SMILES string of the molecule is Cc1nn(C(=O)OC(C)(C)C)c(Nc2ncnc3cc(OCCCN4CCN(C(=O)c5cnc(N6CCN(CC7CN(C(=O)OC(C)(C)C)C(C)CN7)[C@H](C)C6)nc5)CC4)c(S(=O)(=O)C(C)(C)C)cc23)c1C. The number of aryl methyl sites for hydroxylation is 1. The van der Waals surface area contributed by atoms with E-state index in [2.05, 4.69) is 57.3 Å². The van der Waals surface area contributed by atoms with Gasteiger partial charge in [0, 0.05) is 120 Å². The van der Waals surface area contributed by atoms with E-state index in [9.17, 15) is 22.8 Å². The molecule has 2 amide bonds. The van der Waals surface area contributed by atoms with Crippen LogP contribution < -0.4 is 20.3 Å². The van der Waals surface area contributed by atoms with Crippen LogP contribution in [0.25, 0.3) is 10.9 Å². The van der Waals surface area contributed by atoms with Crippen molar-refractivity contribution in [1.29, 1.82) is 0 Å². The van der Waals surface area contributed by atoms with Crippen molar-refractivity contribution >= 4 is 56.4 Å². The highest BCUT2D eigenvalue weighted by atomic mass is 32.2. The van der Waals surface area contributed by atoms with E-state index in [-0.39, 0.29) is 53.2 Å². The molecule has 3 fully saturated rings. The first-order chi connectivity index (χ1) is 33.7. The molecule has 4 aromatic rings. The molecule has 394 valence electrons. The molecule has 2 N–H and O–H groups in total. The first-order valence-corrected chi connectivity index (χ1v) is 26.5. The number of piperazine rings is 3. The van der Waals surface area contributed by atoms with E-state index in [0.29, 0.717) is 91.7 Å². The van der Waals surface area contributed by atoms with Crippen LogP contribution in [-0.2, 0) is 19.3 Å². The third kappa shape index (κ3) is 12.7. The van der Waals surface area contributed by atoms with Gasteiger partial charge in [0.2, 0.25) is 5.95 Å². The lowest BCUT2D eigenvalue weighted by Gasteiger charge is -2.44. The Bertz CT molecular complexity index is 2710. The Morgan fingerprint density at radius 3 is 2.12 bits per heavy atom. The Balaban J connectivity index is 0.909. The Hall–Kier alpha value is -5.71. The van der Waals surface area contributed by atoms with E-state index < -0.39 is 31.9 Å². The van der Waals surface area contributed by atoms with Crippen molar-refractivity contribution < 1.29 is 37.0 Å². The maximum absolute atomic E-state index is 14.1. The highest BCUT2D eigenvalue weighted by Gasteiger charge is 2.37. The maximum atomic E-state index is 14.1. The number of sulfone groups is 1. The van der Waals surface area contributed by atoms with Crippen molar-refractivity contribution in [3.63, 3.8) is 0 Å². The molecule has 0 spiro atoms. The van der Waals surface area contributed by atoms with Crippen LogP contribution >= 0.6 is 0 Å². The summed E-state index contributed by atoms with van der Waals surface area (Å²) in [5.74, 6) is 1.29. The number of amides is 2. The van der Waals surface area contributed by atoms with Crippen molar-refractivity contribution in [1.82, 2.24) is 54.6 Å². The normalized spacial score (nSPS) is 19.9. The van der Waals surface area contributed by atoms with Gasteiger partial charge in [-0.2, -0.15) is 5.10 Å². The van der Waals surface area contributed by atoms with Crippen LogP contribution in [0.15, 0.2) is 35.7 Å². The minimum atomic E-state index is -3.93. The number of benzene rings is 1.